The zero-order chi connectivity index (χ0) is 13.9. The molecule has 0 saturated carbocycles. The molecule has 0 spiro atoms. The average molecular weight is 268 g/mol. The Morgan fingerprint density at radius 2 is 2.05 bits per heavy atom. The topological polar surface area (TPSA) is 52.8 Å². The predicted molar refractivity (Wildman–Crippen MR) is 77.4 cm³/mol. The second-order valence-corrected chi connectivity index (χ2v) is 4.70. The molecule has 0 aliphatic rings. The number of aromatic nitrogens is 4. The van der Waals surface area contributed by atoms with Crippen LogP contribution >= 0.6 is 0 Å². The van der Waals surface area contributed by atoms with Crippen LogP contribution in [0.15, 0.2) is 36.8 Å². The molecule has 3 heterocycles. The molecule has 0 unspecified atom stereocenters. The smallest absolute Gasteiger partial charge is 0.0896 e. The SMILES string of the molecule is COCCn1cc(-c2cnc3ccc(C)nc3c2)cn1. The van der Waals surface area contributed by atoms with Crippen LogP contribution in [-0.2, 0) is 11.3 Å². The molecule has 3 rings (SSSR count). The van der Waals surface area contributed by atoms with E-state index in [1.807, 2.05) is 48.4 Å². The summed E-state index contributed by atoms with van der Waals surface area (Å²) in [4.78, 5) is 8.95. The van der Waals surface area contributed by atoms with Crippen LogP contribution in [0.1, 0.15) is 5.69 Å². The zero-order valence-electron chi connectivity index (χ0n) is 11.6. The molecular weight excluding hydrogens is 252 g/mol. The molecular formula is C15H16N4O. The van der Waals surface area contributed by atoms with Gasteiger partial charge in [0.15, 0.2) is 0 Å². The lowest BCUT2D eigenvalue weighted by atomic mass is 10.1. The van der Waals surface area contributed by atoms with Crippen LogP contribution in [0.4, 0.5) is 0 Å². The zero-order valence-corrected chi connectivity index (χ0v) is 11.6. The van der Waals surface area contributed by atoms with Gasteiger partial charge in [0.25, 0.3) is 0 Å². The molecule has 0 aromatic carbocycles. The minimum absolute atomic E-state index is 0.651. The van der Waals surface area contributed by atoms with E-state index >= 15 is 0 Å². The van der Waals surface area contributed by atoms with Crippen molar-refractivity contribution >= 4 is 11.0 Å². The van der Waals surface area contributed by atoms with Crippen molar-refractivity contribution in [2.24, 2.45) is 0 Å². The molecule has 3 aromatic rings. The van der Waals surface area contributed by atoms with Gasteiger partial charge in [-0.1, -0.05) is 0 Å². The molecule has 0 radical (unpaired) electrons. The monoisotopic (exact) mass is 268 g/mol. The van der Waals surface area contributed by atoms with Crippen molar-refractivity contribution in [1.82, 2.24) is 19.7 Å². The first-order chi connectivity index (χ1) is 9.76. The lowest BCUT2D eigenvalue weighted by Gasteiger charge is -2.01. The van der Waals surface area contributed by atoms with Crippen LogP contribution < -0.4 is 0 Å². The van der Waals surface area contributed by atoms with Gasteiger partial charge in [-0.25, -0.2) is 0 Å². The highest BCUT2D eigenvalue weighted by molar-refractivity contribution is 5.79. The van der Waals surface area contributed by atoms with Gasteiger partial charge in [-0.3, -0.25) is 14.6 Å². The molecule has 0 bridgehead atoms. The maximum absolute atomic E-state index is 5.05. The minimum atomic E-state index is 0.651. The minimum Gasteiger partial charge on any atom is -0.383 e. The molecule has 102 valence electrons. The molecule has 0 aliphatic carbocycles. The van der Waals surface area contributed by atoms with E-state index in [-0.39, 0.29) is 0 Å². The van der Waals surface area contributed by atoms with Crippen LogP contribution in [0.25, 0.3) is 22.2 Å². The van der Waals surface area contributed by atoms with Gasteiger partial charge in [0.2, 0.25) is 0 Å². The van der Waals surface area contributed by atoms with E-state index < -0.39 is 0 Å². The van der Waals surface area contributed by atoms with Gasteiger partial charge < -0.3 is 4.74 Å². The Hall–Kier alpha value is -2.27. The molecule has 0 aliphatic heterocycles. The van der Waals surface area contributed by atoms with Crippen LogP contribution in [0, 0.1) is 6.92 Å². The van der Waals surface area contributed by atoms with E-state index in [0.29, 0.717) is 6.61 Å². The average Bonchev–Trinajstić information content (AvgIpc) is 2.93. The van der Waals surface area contributed by atoms with Gasteiger partial charge in [-0.15, -0.1) is 0 Å². The number of fused-ring (bicyclic) bond motifs is 1. The fraction of sp³-hybridized carbons (Fsp3) is 0.267. The van der Waals surface area contributed by atoms with Gasteiger partial charge in [-0.05, 0) is 25.1 Å². The summed E-state index contributed by atoms with van der Waals surface area (Å²) in [6.07, 6.45) is 5.70. The molecule has 3 aromatic heterocycles. The molecule has 0 saturated heterocycles. The number of methoxy groups -OCH3 is 1. The van der Waals surface area contributed by atoms with E-state index in [4.69, 9.17) is 4.74 Å². The number of nitrogens with zero attached hydrogens (tertiary/aromatic N) is 4. The molecule has 0 N–H and O–H groups in total. The van der Waals surface area contributed by atoms with Crippen LogP contribution in [0.3, 0.4) is 0 Å². The molecule has 0 amide bonds. The van der Waals surface area contributed by atoms with Crippen LogP contribution in [0.2, 0.25) is 0 Å². The lowest BCUT2D eigenvalue weighted by molar-refractivity contribution is 0.183. The van der Waals surface area contributed by atoms with Gasteiger partial charge in [0, 0.05) is 36.3 Å². The summed E-state index contributed by atoms with van der Waals surface area (Å²) in [5, 5.41) is 4.32. The summed E-state index contributed by atoms with van der Waals surface area (Å²) in [5.74, 6) is 0. The summed E-state index contributed by atoms with van der Waals surface area (Å²) in [6, 6.07) is 6.01. The van der Waals surface area contributed by atoms with Gasteiger partial charge in [-0.2, -0.15) is 5.10 Å². The summed E-state index contributed by atoms with van der Waals surface area (Å²) in [7, 11) is 1.69. The van der Waals surface area contributed by atoms with E-state index in [1.165, 1.54) is 0 Å². The summed E-state index contributed by atoms with van der Waals surface area (Å²) >= 11 is 0. The Morgan fingerprint density at radius 3 is 2.90 bits per heavy atom. The lowest BCUT2D eigenvalue weighted by Crippen LogP contribution is -2.03. The van der Waals surface area contributed by atoms with Gasteiger partial charge >= 0.3 is 0 Å². The number of pyridine rings is 2. The predicted octanol–water partition coefficient (Wildman–Crippen LogP) is 2.45. The molecule has 0 atom stereocenters. The first-order valence-electron chi connectivity index (χ1n) is 6.51. The normalized spacial score (nSPS) is 11.1. The molecule has 5 nitrogen and oxygen atoms in total. The van der Waals surface area contributed by atoms with E-state index in [1.54, 1.807) is 7.11 Å². The summed E-state index contributed by atoms with van der Waals surface area (Å²) < 4.78 is 6.92. The second-order valence-electron chi connectivity index (χ2n) is 4.70. The van der Waals surface area contributed by atoms with E-state index in [9.17, 15) is 0 Å². The Bertz CT molecular complexity index is 736. The van der Waals surface area contributed by atoms with Crippen molar-refractivity contribution in [3.8, 4) is 11.1 Å². The van der Waals surface area contributed by atoms with E-state index in [2.05, 4.69) is 15.1 Å². The number of hydrogen-bond acceptors (Lipinski definition) is 4. The first-order valence-corrected chi connectivity index (χ1v) is 6.51. The third kappa shape index (κ3) is 2.53. The Balaban J connectivity index is 1.95. The van der Waals surface area contributed by atoms with Gasteiger partial charge in [0.05, 0.1) is 30.4 Å². The Morgan fingerprint density at radius 1 is 1.15 bits per heavy atom. The molecule has 0 fully saturated rings. The van der Waals surface area contributed by atoms with Crippen LogP contribution in [0.5, 0.6) is 0 Å². The number of hydrogen-bond donors (Lipinski definition) is 0. The summed E-state index contributed by atoms with van der Waals surface area (Å²) in [5.41, 5.74) is 4.88. The largest absolute Gasteiger partial charge is 0.383 e. The number of ether oxygens (including phenoxy) is 1. The van der Waals surface area contributed by atoms with Crippen molar-refractivity contribution in [2.75, 3.05) is 13.7 Å². The van der Waals surface area contributed by atoms with Crippen molar-refractivity contribution < 1.29 is 4.74 Å². The molecule has 5 heteroatoms. The van der Waals surface area contributed by atoms with Crippen LogP contribution in [-0.4, -0.2) is 33.5 Å². The van der Waals surface area contributed by atoms with Crippen molar-refractivity contribution in [2.45, 2.75) is 13.5 Å². The number of aryl methyl sites for hydroxylation is 1. The third-order valence-corrected chi connectivity index (χ3v) is 3.17. The quantitative estimate of drug-likeness (QED) is 0.729. The highest BCUT2D eigenvalue weighted by Crippen LogP contribution is 2.21. The Kier molecular flexibility index (Phi) is 3.43. The van der Waals surface area contributed by atoms with E-state index in [0.717, 1.165) is 34.4 Å². The highest BCUT2D eigenvalue weighted by atomic mass is 16.5. The second kappa shape index (κ2) is 5.38. The van der Waals surface area contributed by atoms with Crippen molar-refractivity contribution in [1.29, 1.82) is 0 Å². The maximum atomic E-state index is 5.05. The fourth-order valence-electron chi connectivity index (χ4n) is 2.09. The van der Waals surface area contributed by atoms with Gasteiger partial charge in [0.1, 0.15) is 0 Å². The number of rotatable bonds is 4. The van der Waals surface area contributed by atoms with Crippen molar-refractivity contribution in [3.05, 3.63) is 42.5 Å². The standard InChI is InChI=1S/C15H16N4O/c1-11-3-4-14-15(18-11)7-12(8-16-14)13-9-17-19(10-13)5-6-20-2/h3-4,7-10H,5-6H2,1-2H3. The highest BCUT2D eigenvalue weighted by Gasteiger charge is 2.05. The summed E-state index contributed by atoms with van der Waals surface area (Å²) in [6.45, 7) is 3.38. The first kappa shape index (κ1) is 12.7. The fourth-order valence-corrected chi connectivity index (χ4v) is 2.09. The van der Waals surface area contributed by atoms with Crippen molar-refractivity contribution in [3.63, 3.8) is 0 Å². The molecule has 20 heavy (non-hydrogen) atoms. The Labute approximate surface area is 117 Å². The maximum Gasteiger partial charge on any atom is 0.0896 e. The third-order valence-electron chi connectivity index (χ3n) is 3.17.